The lowest BCUT2D eigenvalue weighted by Crippen LogP contribution is -2.27. The lowest BCUT2D eigenvalue weighted by atomic mass is 10.1. The number of carbonyl (C=O) groups excluding carboxylic acids is 1. The van der Waals surface area contributed by atoms with Crippen LogP contribution in [-0.2, 0) is 11.0 Å². The van der Waals surface area contributed by atoms with Gasteiger partial charge in [-0.2, -0.15) is 13.2 Å². The Labute approximate surface area is 157 Å². The highest BCUT2D eigenvalue weighted by Gasteiger charge is 2.36. The number of rotatable bonds is 3. The van der Waals surface area contributed by atoms with Gasteiger partial charge in [-0.05, 0) is 42.0 Å². The molecule has 0 spiro atoms. The Morgan fingerprint density at radius 2 is 1.88 bits per heavy atom. The Balaban J connectivity index is 1.93. The van der Waals surface area contributed by atoms with Crippen molar-refractivity contribution in [3.8, 4) is 5.75 Å². The standard InChI is InChI=1S/C18H12F3NO2S2/c1-24-14-7-2-4-11(8-14)9-15-16(23)22(17(25)26-15)13-6-3-5-12(10-13)18(19,20)21/h2-10H,1H3. The van der Waals surface area contributed by atoms with Crippen LogP contribution in [0.15, 0.2) is 53.4 Å². The molecule has 0 saturated carbocycles. The normalized spacial score (nSPS) is 16.5. The monoisotopic (exact) mass is 395 g/mol. The number of alkyl halides is 3. The second kappa shape index (κ2) is 7.13. The van der Waals surface area contributed by atoms with Gasteiger partial charge in [-0.25, -0.2) is 0 Å². The van der Waals surface area contributed by atoms with E-state index in [1.807, 2.05) is 0 Å². The fraction of sp³-hybridized carbons (Fsp3) is 0.111. The summed E-state index contributed by atoms with van der Waals surface area (Å²) in [6.45, 7) is 0. The zero-order valence-electron chi connectivity index (χ0n) is 13.4. The maximum atomic E-state index is 12.9. The minimum atomic E-state index is -4.49. The number of thiocarbonyl (C=S) groups is 1. The van der Waals surface area contributed by atoms with Crippen LogP contribution in [-0.4, -0.2) is 17.3 Å². The third-order valence-electron chi connectivity index (χ3n) is 3.62. The van der Waals surface area contributed by atoms with E-state index in [9.17, 15) is 18.0 Å². The molecule has 0 radical (unpaired) electrons. The van der Waals surface area contributed by atoms with Gasteiger partial charge in [0.05, 0.1) is 23.3 Å². The molecule has 0 aromatic heterocycles. The van der Waals surface area contributed by atoms with E-state index in [0.29, 0.717) is 10.7 Å². The average molecular weight is 395 g/mol. The van der Waals surface area contributed by atoms with E-state index in [2.05, 4.69) is 0 Å². The molecule has 8 heteroatoms. The summed E-state index contributed by atoms with van der Waals surface area (Å²) in [5.41, 5.74) is -0.00825. The summed E-state index contributed by atoms with van der Waals surface area (Å²) in [6.07, 6.45) is -2.86. The number of thioether (sulfide) groups is 1. The van der Waals surface area contributed by atoms with Gasteiger partial charge in [-0.15, -0.1) is 0 Å². The molecule has 134 valence electrons. The van der Waals surface area contributed by atoms with Crippen LogP contribution in [0.25, 0.3) is 6.08 Å². The number of anilines is 1. The van der Waals surface area contributed by atoms with Gasteiger partial charge in [0.2, 0.25) is 0 Å². The molecule has 0 unspecified atom stereocenters. The van der Waals surface area contributed by atoms with Gasteiger partial charge < -0.3 is 4.74 Å². The van der Waals surface area contributed by atoms with Crippen LogP contribution in [0, 0.1) is 0 Å². The SMILES string of the molecule is COc1cccc(C=C2SC(=S)N(c3cccc(C(F)(F)F)c3)C2=O)c1. The summed E-state index contributed by atoms with van der Waals surface area (Å²) in [6, 6.07) is 11.6. The number of carbonyl (C=O) groups is 1. The van der Waals surface area contributed by atoms with Crippen molar-refractivity contribution >= 4 is 46.0 Å². The molecule has 3 rings (SSSR count). The van der Waals surface area contributed by atoms with Crippen LogP contribution in [0.5, 0.6) is 5.75 Å². The third-order valence-corrected chi connectivity index (χ3v) is 4.92. The Bertz CT molecular complexity index is 909. The van der Waals surface area contributed by atoms with Crippen molar-refractivity contribution in [3.63, 3.8) is 0 Å². The molecule has 2 aromatic rings. The van der Waals surface area contributed by atoms with Gasteiger partial charge >= 0.3 is 6.18 Å². The zero-order valence-corrected chi connectivity index (χ0v) is 15.0. The number of benzene rings is 2. The summed E-state index contributed by atoms with van der Waals surface area (Å²) in [5, 5.41) is 0. The van der Waals surface area contributed by atoms with E-state index in [0.717, 1.165) is 34.4 Å². The molecule has 0 atom stereocenters. The number of amides is 1. The predicted molar refractivity (Wildman–Crippen MR) is 100 cm³/mol. The van der Waals surface area contributed by atoms with Gasteiger partial charge in [-0.3, -0.25) is 9.69 Å². The molecule has 1 heterocycles. The van der Waals surface area contributed by atoms with Crippen LogP contribution in [0.2, 0.25) is 0 Å². The van der Waals surface area contributed by atoms with E-state index < -0.39 is 17.6 Å². The molecule has 26 heavy (non-hydrogen) atoms. The van der Waals surface area contributed by atoms with Crippen molar-refractivity contribution in [1.82, 2.24) is 0 Å². The molecule has 1 aliphatic rings. The topological polar surface area (TPSA) is 29.5 Å². The van der Waals surface area contributed by atoms with Gasteiger partial charge in [-0.1, -0.05) is 42.2 Å². The fourth-order valence-corrected chi connectivity index (χ4v) is 3.69. The van der Waals surface area contributed by atoms with Crippen molar-refractivity contribution < 1.29 is 22.7 Å². The third kappa shape index (κ3) is 3.76. The van der Waals surface area contributed by atoms with Crippen LogP contribution < -0.4 is 9.64 Å². The average Bonchev–Trinajstić information content (AvgIpc) is 2.88. The highest BCUT2D eigenvalue weighted by molar-refractivity contribution is 8.27. The number of hydrogen-bond donors (Lipinski definition) is 0. The number of hydrogen-bond acceptors (Lipinski definition) is 4. The highest BCUT2D eigenvalue weighted by Crippen LogP contribution is 2.38. The molecule has 3 nitrogen and oxygen atoms in total. The predicted octanol–water partition coefficient (Wildman–Crippen LogP) is 5.12. The quantitative estimate of drug-likeness (QED) is 0.533. The van der Waals surface area contributed by atoms with E-state index in [1.165, 1.54) is 19.2 Å². The molecule has 2 aromatic carbocycles. The Hall–Kier alpha value is -2.32. The Morgan fingerprint density at radius 1 is 1.15 bits per heavy atom. The summed E-state index contributed by atoms with van der Waals surface area (Å²) >= 11 is 6.24. The molecule has 1 aliphatic heterocycles. The first-order chi connectivity index (χ1) is 12.3. The minimum absolute atomic E-state index is 0.0939. The molecule has 0 N–H and O–H groups in total. The minimum Gasteiger partial charge on any atom is -0.497 e. The fourth-order valence-electron chi connectivity index (χ4n) is 2.39. The van der Waals surface area contributed by atoms with Crippen LogP contribution in [0.1, 0.15) is 11.1 Å². The first-order valence-corrected chi connectivity index (χ1v) is 8.61. The number of methoxy groups -OCH3 is 1. The van der Waals surface area contributed by atoms with E-state index in [4.69, 9.17) is 17.0 Å². The van der Waals surface area contributed by atoms with Crippen molar-refractivity contribution in [2.45, 2.75) is 6.18 Å². The maximum Gasteiger partial charge on any atom is 0.416 e. The summed E-state index contributed by atoms with van der Waals surface area (Å²) in [5.74, 6) is 0.175. The molecular formula is C18H12F3NO2S2. The number of ether oxygens (including phenoxy) is 1. The van der Waals surface area contributed by atoms with Gasteiger partial charge in [0, 0.05) is 0 Å². The van der Waals surface area contributed by atoms with E-state index >= 15 is 0 Å². The smallest absolute Gasteiger partial charge is 0.416 e. The van der Waals surface area contributed by atoms with E-state index in [1.54, 1.807) is 30.3 Å². The van der Waals surface area contributed by atoms with Crippen LogP contribution in [0.4, 0.5) is 18.9 Å². The molecular weight excluding hydrogens is 383 g/mol. The molecule has 1 amide bonds. The Kier molecular flexibility index (Phi) is 5.06. The second-order valence-corrected chi connectivity index (χ2v) is 7.02. The van der Waals surface area contributed by atoms with Crippen LogP contribution >= 0.6 is 24.0 Å². The number of nitrogens with zero attached hydrogens (tertiary/aromatic N) is 1. The molecule has 0 bridgehead atoms. The zero-order chi connectivity index (χ0) is 18.9. The molecule has 1 saturated heterocycles. The highest BCUT2D eigenvalue weighted by atomic mass is 32.2. The Morgan fingerprint density at radius 3 is 2.58 bits per heavy atom. The first kappa shape index (κ1) is 18.5. The second-order valence-electron chi connectivity index (χ2n) is 5.34. The van der Waals surface area contributed by atoms with Crippen molar-refractivity contribution in [3.05, 3.63) is 64.6 Å². The summed E-state index contributed by atoms with van der Waals surface area (Å²) in [7, 11) is 1.53. The van der Waals surface area contributed by atoms with Crippen molar-refractivity contribution in [1.29, 1.82) is 0 Å². The van der Waals surface area contributed by atoms with Crippen LogP contribution in [0.3, 0.4) is 0 Å². The lowest BCUT2D eigenvalue weighted by Gasteiger charge is -2.16. The maximum absolute atomic E-state index is 12.9. The lowest BCUT2D eigenvalue weighted by molar-refractivity contribution is -0.137. The summed E-state index contributed by atoms with van der Waals surface area (Å²) in [4.78, 5) is 14.1. The largest absolute Gasteiger partial charge is 0.497 e. The van der Waals surface area contributed by atoms with Crippen molar-refractivity contribution in [2.75, 3.05) is 12.0 Å². The first-order valence-electron chi connectivity index (χ1n) is 7.39. The van der Waals surface area contributed by atoms with Gasteiger partial charge in [0.25, 0.3) is 5.91 Å². The number of halogens is 3. The van der Waals surface area contributed by atoms with Crippen molar-refractivity contribution in [2.24, 2.45) is 0 Å². The summed E-state index contributed by atoms with van der Waals surface area (Å²) < 4.78 is 44.1. The van der Waals surface area contributed by atoms with E-state index in [-0.39, 0.29) is 10.0 Å². The molecule has 0 aliphatic carbocycles. The van der Waals surface area contributed by atoms with Gasteiger partial charge in [0.1, 0.15) is 5.75 Å². The van der Waals surface area contributed by atoms with Gasteiger partial charge in [0.15, 0.2) is 4.32 Å². The molecule has 1 fully saturated rings.